The van der Waals surface area contributed by atoms with Crippen molar-refractivity contribution < 1.29 is 19.3 Å². The van der Waals surface area contributed by atoms with Crippen molar-refractivity contribution in [2.45, 2.75) is 18.8 Å². The van der Waals surface area contributed by atoms with E-state index in [1.54, 1.807) is 19.2 Å². The molecule has 0 aromatic heterocycles. The third kappa shape index (κ3) is 7.22. The lowest BCUT2D eigenvalue weighted by atomic mass is 9.89. The van der Waals surface area contributed by atoms with Crippen LogP contribution in [0.25, 0.3) is 0 Å². The van der Waals surface area contributed by atoms with Crippen molar-refractivity contribution in [2.75, 3.05) is 33.9 Å². The molecule has 0 aliphatic rings. The van der Waals surface area contributed by atoms with Gasteiger partial charge in [-0.15, -0.1) is 0 Å². The molecule has 0 bridgehead atoms. The molecular weight excluding hydrogens is 321 g/mol. The predicted molar refractivity (Wildman–Crippen MR) is 98.6 cm³/mol. The molecule has 0 saturated heterocycles. The normalized spacial score (nSPS) is 11.4. The van der Waals surface area contributed by atoms with Gasteiger partial charge in [0.15, 0.2) is 0 Å². The molecule has 2 rings (SSSR count). The summed E-state index contributed by atoms with van der Waals surface area (Å²) in [6.07, 6.45) is 1.62. The second-order valence-electron chi connectivity index (χ2n) is 5.53. The number of halogens is 1. The van der Waals surface area contributed by atoms with E-state index in [-0.39, 0.29) is 18.3 Å². The number of rotatable bonds is 9. The van der Waals surface area contributed by atoms with E-state index < -0.39 is 0 Å². The molecule has 0 fully saturated rings. The maximum absolute atomic E-state index is 13.6. The van der Waals surface area contributed by atoms with Gasteiger partial charge in [0.2, 0.25) is 0 Å². The first-order chi connectivity index (χ1) is 12.2. The average molecular weight is 349 g/mol. The number of hydrogen-bond acceptors (Lipinski definition) is 4. The van der Waals surface area contributed by atoms with Crippen LogP contribution in [-0.4, -0.2) is 44.1 Å². The summed E-state index contributed by atoms with van der Waals surface area (Å²) in [5.41, 5.74) is 2.10. The molecule has 25 heavy (non-hydrogen) atoms. The van der Waals surface area contributed by atoms with E-state index in [0.29, 0.717) is 13.0 Å². The maximum Gasteiger partial charge on any atom is 0.123 e. The van der Waals surface area contributed by atoms with Crippen molar-refractivity contribution >= 4 is 0 Å². The largest absolute Gasteiger partial charge is 0.496 e. The van der Waals surface area contributed by atoms with Gasteiger partial charge >= 0.3 is 0 Å². The number of benzene rings is 2. The Labute approximate surface area is 149 Å². The molecule has 0 spiro atoms. The van der Waals surface area contributed by atoms with Crippen LogP contribution in [0, 0.1) is 5.82 Å². The van der Waals surface area contributed by atoms with Gasteiger partial charge in [-0.25, -0.2) is 4.39 Å². The highest BCUT2D eigenvalue weighted by molar-refractivity contribution is 5.36. The Morgan fingerprint density at radius 2 is 1.80 bits per heavy atom. The molecule has 2 aromatic rings. The second-order valence-corrected chi connectivity index (χ2v) is 5.53. The van der Waals surface area contributed by atoms with Gasteiger partial charge in [0.1, 0.15) is 11.6 Å². The van der Waals surface area contributed by atoms with Crippen LogP contribution < -0.4 is 10.1 Å². The third-order valence-electron chi connectivity index (χ3n) is 3.94. The van der Waals surface area contributed by atoms with Gasteiger partial charge in [-0.3, -0.25) is 0 Å². The van der Waals surface area contributed by atoms with Crippen molar-refractivity contribution in [3.63, 3.8) is 0 Å². The summed E-state index contributed by atoms with van der Waals surface area (Å²) < 4.78 is 19.0. The lowest BCUT2D eigenvalue weighted by molar-refractivity contribution is 0.291. The Kier molecular flexibility index (Phi) is 10.5. The van der Waals surface area contributed by atoms with Crippen LogP contribution in [0.1, 0.15) is 23.5 Å². The highest BCUT2D eigenvalue weighted by atomic mass is 19.1. The SMILES string of the molecule is CO.COc1ccc(F)cc1C[C@H](CCNCCO)c1ccccc1. The predicted octanol–water partition coefficient (Wildman–Crippen LogP) is 2.74. The Balaban J connectivity index is 0.00000151. The molecule has 0 aliphatic carbocycles. The molecule has 5 heteroatoms. The Bertz CT molecular complexity index is 593. The summed E-state index contributed by atoms with van der Waals surface area (Å²) in [6, 6.07) is 14.9. The molecule has 2 aromatic carbocycles. The molecule has 4 nitrogen and oxygen atoms in total. The summed E-state index contributed by atoms with van der Waals surface area (Å²) >= 11 is 0. The zero-order valence-corrected chi connectivity index (χ0v) is 14.9. The molecule has 0 radical (unpaired) electrons. The minimum absolute atomic E-state index is 0.133. The molecule has 0 aliphatic heterocycles. The van der Waals surface area contributed by atoms with Crippen LogP contribution in [0.4, 0.5) is 4.39 Å². The van der Waals surface area contributed by atoms with Crippen molar-refractivity contribution in [3.05, 3.63) is 65.5 Å². The number of aliphatic hydroxyl groups is 2. The van der Waals surface area contributed by atoms with E-state index in [1.807, 2.05) is 18.2 Å². The first-order valence-corrected chi connectivity index (χ1v) is 8.38. The fourth-order valence-electron chi connectivity index (χ4n) is 2.76. The summed E-state index contributed by atoms with van der Waals surface area (Å²) in [5.74, 6) is 0.736. The highest BCUT2D eigenvalue weighted by Crippen LogP contribution is 2.29. The van der Waals surface area contributed by atoms with Gasteiger partial charge in [-0.05, 0) is 54.6 Å². The highest BCUT2D eigenvalue weighted by Gasteiger charge is 2.15. The standard InChI is InChI=1S/C19H24FNO2.CH4O/c1-23-19-8-7-18(20)14-17(19)13-16(9-10-21-11-12-22)15-5-3-2-4-6-15;1-2/h2-8,14,16,21-22H,9-13H2,1H3;2H,1H3/t16-;/m0./s1. The fourth-order valence-corrected chi connectivity index (χ4v) is 2.76. The van der Waals surface area contributed by atoms with E-state index in [4.69, 9.17) is 14.9 Å². The monoisotopic (exact) mass is 349 g/mol. The summed E-state index contributed by atoms with van der Waals surface area (Å²) in [4.78, 5) is 0. The second kappa shape index (κ2) is 12.4. The zero-order valence-electron chi connectivity index (χ0n) is 14.9. The molecule has 0 unspecified atom stereocenters. The molecule has 0 saturated carbocycles. The van der Waals surface area contributed by atoms with Crippen LogP contribution in [0.2, 0.25) is 0 Å². The van der Waals surface area contributed by atoms with Crippen LogP contribution >= 0.6 is 0 Å². The van der Waals surface area contributed by atoms with Gasteiger partial charge in [0, 0.05) is 13.7 Å². The zero-order chi connectivity index (χ0) is 18.5. The summed E-state index contributed by atoms with van der Waals surface area (Å²) in [7, 11) is 2.61. The van der Waals surface area contributed by atoms with Crippen LogP contribution in [0.15, 0.2) is 48.5 Å². The number of ether oxygens (including phenoxy) is 1. The maximum atomic E-state index is 13.6. The average Bonchev–Trinajstić information content (AvgIpc) is 2.67. The minimum Gasteiger partial charge on any atom is -0.496 e. The van der Waals surface area contributed by atoms with E-state index in [2.05, 4.69) is 17.4 Å². The summed E-state index contributed by atoms with van der Waals surface area (Å²) in [5, 5.41) is 19.1. The molecule has 0 amide bonds. The number of methoxy groups -OCH3 is 1. The lowest BCUT2D eigenvalue weighted by Crippen LogP contribution is -2.21. The first-order valence-electron chi connectivity index (χ1n) is 8.38. The Hall–Kier alpha value is -1.95. The first kappa shape index (κ1) is 21.1. The quantitative estimate of drug-likeness (QED) is 0.609. The smallest absolute Gasteiger partial charge is 0.123 e. The molecule has 0 heterocycles. The van der Waals surface area contributed by atoms with Gasteiger partial charge in [-0.1, -0.05) is 30.3 Å². The van der Waals surface area contributed by atoms with Gasteiger partial charge in [0.25, 0.3) is 0 Å². The lowest BCUT2D eigenvalue weighted by Gasteiger charge is -2.19. The van der Waals surface area contributed by atoms with Crippen LogP contribution in [0.5, 0.6) is 5.75 Å². The minimum atomic E-state index is -0.244. The number of nitrogens with one attached hydrogen (secondary N) is 1. The molecule has 3 N–H and O–H groups in total. The van der Waals surface area contributed by atoms with E-state index in [9.17, 15) is 4.39 Å². The van der Waals surface area contributed by atoms with Crippen LogP contribution in [-0.2, 0) is 6.42 Å². The van der Waals surface area contributed by atoms with Crippen molar-refractivity contribution in [3.8, 4) is 5.75 Å². The fraction of sp³-hybridized carbons (Fsp3) is 0.400. The molecule has 1 atom stereocenters. The Morgan fingerprint density at radius 1 is 1.08 bits per heavy atom. The van der Waals surface area contributed by atoms with E-state index in [0.717, 1.165) is 31.4 Å². The van der Waals surface area contributed by atoms with Crippen LogP contribution in [0.3, 0.4) is 0 Å². The van der Waals surface area contributed by atoms with Gasteiger partial charge < -0.3 is 20.3 Å². The number of hydrogen-bond donors (Lipinski definition) is 3. The van der Waals surface area contributed by atoms with Crippen molar-refractivity contribution in [2.24, 2.45) is 0 Å². The summed E-state index contributed by atoms with van der Waals surface area (Å²) in [6.45, 7) is 1.52. The van der Waals surface area contributed by atoms with Crippen molar-refractivity contribution in [1.29, 1.82) is 0 Å². The third-order valence-corrected chi connectivity index (χ3v) is 3.94. The Morgan fingerprint density at radius 3 is 2.44 bits per heavy atom. The van der Waals surface area contributed by atoms with E-state index in [1.165, 1.54) is 11.6 Å². The van der Waals surface area contributed by atoms with E-state index >= 15 is 0 Å². The van der Waals surface area contributed by atoms with Gasteiger partial charge in [0.05, 0.1) is 13.7 Å². The van der Waals surface area contributed by atoms with Gasteiger partial charge in [-0.2, -0.15) is 0 Å². The molecular formula is C20H28FNO3. The molecule has 138 valence electrons. The van der Waals surface area contributed by atoms with Crippen molar-refractivity contribution in [1.82, 2.24) is 5.32 Å². The number of aliphatic hydroxyl groups excluding tert-OH is 2. The topological polar surface area (TPSA) is 61.7 Å².